The van der Waals surface area contributed by atoms with Gasteiger partial charge in [0, 0.05) is 5.92 Å². The highest BCUT2D eigenvalue weighted by atomic mass is 14.1. The Kier molecular flexibility index (Phi) is 29.6. The molecule has 0 radical (unpaired) electrons. The minimum atomic E-state index is 0.484. The molecule has 3 aromatic rings. The van der Waals surface area contributed by atoms with Gasteiger partial charge in [-0.1, -0.05) is 173 Å². The molecule has 0 nitrogen and oxygen atoms in total. The quantitative estimate of drug-likeness (QED) is 0.370. The Morgan fingerprint density at radius 1 is 0.545 bits per heavy atom. The van der Waals surface area contributed by atoms with Gasteiger partial charge in [-0.2, -0.15) is 0 Å². The van der Waals surface area contributed by atoms with E-state index in [1.165, 1.54) is 35.1 Å². The van der Waals surface area contributed by atoms with Crippen LogP contribution in [0.25, 0.3) is 0 Å². The van der Waals surface area contributed by atoms with Crippen molar-refractivity contribution in [1.82, 2.24) is 0 Å². The maximum Gasteiger partial charge on any atom is 0.00610 e. The zero-order valence-electron chi connectivity index (χ0n) is 23.8. The van der Waals surface area contributed by atoms with Gasteiger partial charge in [-0.15, -0.1) is 0 Å². The topological polar surface area (TPSA) is 0 Å². The molecule has 0 saturated carbocycles. The van der Waals surface area contributed by atoms with Crippen LogP contribution in [0.1, 0.15) is 110 Å². The van der Waals surface area contributed by atoms with Gasteiger partial charge < -0.3 is 0 Å². The Labute approximate surface area is 208 Å². The molecular formula is C33H54. The SMILES string of the molecule is CC.CC.CC.CC(c1ccccc1)c1ccccc1.CCCC.CCc1cccc(C)c1. The molecule has 0 amide bonds. The molecule has 0 spiro atoms. The zero-order valence-corrected chi connectivity index (χ0v) is 23.8. The molecule has 0 heteroatoms. The third-order valence-corrected chi connectivity index (χ3v) is 4.59. The summed E-state index contributed by atoms with van der Waals surface area (Å²) in [7, 11) is 0. The van der Waals surface area contributed by atoms with Crippen LogP contribution in [0.3, 0.4) is 0 Å². The predicted molar refractivity (Wildman–Crippen MR) is 156 cm³/mol. The standard InChI is InChI=1S/C14H14.C9H12.C4H10.3C2H6/c1-12(13-8-4-2-5-9-13)14-10-6-3-7-11-14;1-3-9-6-4-5-8(2)7-9;1-3-4-2;3*1-2/h2-12H,1H3;4-7H,3H2,1-2H3;3-4H2,1-2H3;3*1-2H3. The third-order valence-electron chi connectivity index (χ3n) is 4.59. The average Bonchev–Trinajstić information content (AvgIpc) is 2.93. The molecule has 0 aliphatic rings. The molecule has 0 saturated heterocycles. The summed E-state index contributed by atoms with van der Waals surface area (Å²) in [5, 5.41) is 0. The van der Waals surface area contributed by atoms with E-state index in [1.54, 1.807) is 0 Å². The lowest BCUT2D eigenvalue weighted by Crippen LogP contribution is -1.94. The van der Waals surface area contributed by atoms with Crippen molar-refractivity contribution in [1.29, 1.82) is 0 Å². The van der Waals surface area contributed by atoms with Crippen molar-refractivity contribution in [3.63, 3.8) is 0 Å². The first-order valence-electron chi connectivity index (χ1n) is 13.3. The first-order valence-corrected chi connectivity index (χ1v) is 13.3. The molecule has 0 atom stereocenters. The van der Waals surface area contributed by atoms with Gasteiger partial charge in [-0.3, -0.25) is 0 Å². The van der Waals surface area contributed by atoms with Crippen LogP contribution in [0.15, 0.2) is 84.9 Å². The summed E-state index contributed by atoms with van der Waals surface area (Å²) < 4.78 is 0. The van der Waals surface area contributed by atoms with Crippen molar-refractivity contribution in [2.75, 3.05) is 0 Å². The summed E-state index contributed by atoms with van der Waals surface area (Å²) in [6.07, 6.45) is 3.78. The zero-order chi connectivity index (χ0) is 25.9. The minimum absolute atomic E-state index is 0.484. The van der Waals surface area contributed by atoms with Crippen molar-refractivity contribution in [3.05, 3.63) is 107 Å². The maximum atomic E-state index is 2.24. The monoisotopic (exact) mass is 450 g/mol. The van der Waals surface area contributed by atoms with E-state index in [-0.39, 0.29) is 0 Å². The summed E-state index contributed by atoms with van der Waals surface area (Å²) in [6.45, 7) is 22.9. The second-order valence-electron chi connectivity index (χ2n) is 6.89. The Morgan fingerprint density at radius 2 is 0.939 bits per heavy atom. The van der Waals surface area contributed by atoms with Gasteiger partial charge in [0.15, 0.2) is 0 Å². The van der Waals surface area contributed by atoms with E-state index in [9.17, 15) is 0 Å². The van der Waals surface area contributed by atoms with Crippen molar-refractivity contribution in [2.24, 2.45) is 0 Å². The number of rotatable bonds is 4. The highest BCUT2D eigenvalue weighted by Crippen LogP contribution is 2.22. The number of aryl methyl sites for hydroxylation is 2. The highest BCUT2D eigenvalue weighted by Gasteiger charge is 2.05. The molecule has 0 aromatic heterocycles. The number of hydrogen-bond donors (Lipinski definition) is 0. The Morgan fingerprint density at radius 3 is 1.21 bits per heavy atom. The molecule has 0 aliphatic heterocycles. The number of hydrogen-bond acceptors (Lipinski definition) is 0. The van der Waals surface area contributed by atoms with Gasteiger partial charge in [-0.05, 0) is 30.0 Å². The van der Waals surface area contributed by atoms with E-state index >= 15 is 0 Å². The second kappa shape index (κ2) is 27.7. The van der Waals surface area contributed by atoms with Gasteiger partial charge in [0.25, 0.3) is 0 Å². The first kappa shape index (κ1) is 35.3. The number of unbranched alkanes of at least 4 members (excludes halogenated alkanes) is 1. The van der Waals surface area contributed by atoms with Gasteiger partial charge in [0.2, 0.25) is 0 Å². The van der Waals surface area contributed by atoms with Gasteiger partial charge >= 0.3 is 0 Å². The van der Waals surface area contributed by atoms with E-state index in [4.69, 9.17) is 0 Å². The van der Waals surface area contributed by atoms with Crippen LogP contribution in [-0.2, 0) is 6.42 Å². The fourth-order valence-corrected chi connectivity index (χ4v) is 2.61. The largest absolute Gasteiger partial charge is 0.0683 e. The van der Waals surface area contributed by atoms with Crippen LogP contribution in [0.4, 0.5) is 0 Å². The molecule has 33 heavy (non-hydrogen) atoms. The van der Waals surface area contributed by atoms with E-state index in [0.717, 1.165) is 6.42 Å². The molecule has 0 fully saturated rings. The summed E-state index contributed by atoms with van der Waals surface area (Å²) in [5.41, 5.74) is 5.53. The lowest BCUT2D eigenvalue weighted by molar-refractivity contribution is 0.886. The Hall–Kier alpha value is -2.34. The molecular weight excluding hydrogens is 396 g/mol. The van der Waals surface area contributed by atoms with E-state index in [1.807, 2.05) is 41.5 Å². The van der Waals surface area contributed by atoms with Gasteiger partial charge in [0.1, 0.15) is 0 Å². The summed E-state index contributed by atoms with van der Waals surface area (Å²) >= 11 is 0. The predicted octanol–water partition coefficient (Wildman–Crippen LogP) is 11.3. The maximum absolute atomic E-state index is 2.24. The molecule has 3 aromatic carbocycles. The van der Waals surface area contributed by atoms with Crippen molar-refractivity contribution in [3.8, 4) is 0 Å². The smallest absolute Gasteiger partial charge is 0.00610 e. The van der Waals surface area contributed by atoms with E-state index in [0.29, 0.717) is 5.92 Å². The molecule has 0 heterocycles. The normalized spacial score (nSPS) is 8.48. The summed E-state index contributed by atoms with van der Waals surface area (Å²) in [5.74, 6) is 0.484. The fourth-order valence-electron chi connectivity index (χ4n) is 2.61. The first-order chi connectivity index (χ1) is 16.1. The van der Waals surface area contributed by atoms with Crippen molar-refractivity contribution in [2.45, 2.75) is 101 Å². The average molecular weight is 451 g/mol. The van der Waals surface area contributed by atoms with Crippen LogP contribution in [0.5, 0.6) is 0 Å². The summed E-state index contributed by atoms with van der Waals surface area (Å²) in [4.78, 5) is 0. The van der Waals surface area contributed by atoms with Crippen LogP contribution in [0, 0.1) is 6.92 Å². The van der Waals surface area contributed by atoms with Crippen molar-refractivity contribution < 1.29 is 0 Å². The van der Waals surface area contributed by atoms with Crippen LogP contribution >= 0.6 is 0 Å². The lowest BCUT2D eigenvalue weighted by Gasteiger charge is -2.11. The van der Waals surface area contributed by atoms with Gasteiger partial charge in [0.05, 0.1) is 0 Å². The van der Waals surface area contributed by atoms with E-state index < -0.39 is 0 Å². The molecule has 0 bridgehead atoms. The van der Waals surface area contributed by atoms with Crippen LogP contribution < -0.4 is 0 Å². The van der Waals surface area contributed by atoms with E-state index in [2.05, 4.69) is 120 Å². The summed E-state index contributed by atoms with van der Waals surface area (Å²) in [6, 6.07) is 29.8. The molecule has 0 N–H and O–H groups in total. The highest BCUT2D eigenvalue weighted by molar-refractivity contribution is 5.31. The molecule has 3 rings (SSSR count). The van der Waals surface area contributed by atoms with Crippen molar-refractivity contribution >= 4 is 0 Å². The number of benzene rings is 3. The third kappa shape index (κ3) is 18.9. The Balaban J connectivity index is -0.000000409. The molecule has 0 unspecified atom stereocenters. The fraction of sp³-hybridized carbons (Fsp3) is 0.455. The lowest BCUT2D eigenvalue weighted by atomic mass is 9.93. The van der Waals surface area contributed by atoms with Gasteiger partial charge in [-0.25, -0.2) is 0 Å². The molecule has 186 valence electrons. The second-order valence-corrected chi connectivity index (χ2v) is 6.89. The molecule has 0 aliphatic carbocycles. The Bertz CT molecular complexity index is 672. The van der Waals surface area contributed by atoms with Crippen LogP contribution in [-0.4, -0.2) is 0 Å². The minimum Gasteiger partial charge on any atom is -0.0683 e. The van der Waals surface area contributed by atoms with Crippen LogP contribution in [0.2, 0.25) is 0 Å².